The van der Waals surface area contributed by atoms with E-state index >= 15 is 0 Å². The van der Waals surface area contributed by atoms with Crippen LogP contribution in [-0.4, -0.2) is 30.4 Å². The first-order valence-electron chi connectivity index (χ1n) is 4.94. The lowest BCUT2D eigenvalue weighted by molar-refractivity contribution is 0.0788. The van der Waals surface area contributed by atoms with Crippen molar-refractivity contribution in [3.05, 3.63) is 19.9 Å². The molecule has 1 fully saturated rings. The van der Waals surface area contributed by atoms with Crippen molar-refractivity contribution in [2.24, 2.45) is 11.7 Å². The number of likely N-dealkylation sites (tertiary alicyclic amines) is 1. The molecule has 0 saturated carbocycles. The van der Waals surface area contributed by atoms with Crippen LogP contribution in [0.4, 0.5) is 0 Å². The van der Waals surface area contributed by atoms with Crippen molar-refractivity contribution >= 4 is 39.8 Å². The molecule has 15 heavy (non-hydrogen) atoms. The Morgan fingerprint density at radius 2 is 2.53 bits per heavy atom. The van der Waals surface area contributed by atoms with E-state index in [4.69, 9.17) is 5.73 Å². The van der Waals surface area contributed by atoms with Gasteiger partial charge in [0.15, 0.2) is 0 Å². The van der Waals surface area contributed by atoms with Gasteiger partial charge in [-0.15, -0.1) is 11.3 Å². The number of carbonyl (C=O) groups is 1. The summed E-state index contributed by atoms with van der Waals surface area (Å²) in [5.41, 5.74) is 6.42. The van der Waals surface area contributed by atoms with E-state index in [1.807, 2.05) is 16.3 Å². The molecule has 2 heterocycles. The third kappa shape index (κ3) is 2.51. The average molecular weight is 336 g/mol. The van der Waals surface area contributed by atoms with Crippen molar-refractivity contribution in [1.82, 2.24) is 4.90 Å². The van der Waals surface area contributed by atoms with Gasteiger partial charge in [0.2, 0.25) is 0 Å². The lowest BCUT2D eigenvalue weighted by atomic mass is 10.1. The van der Waals surface area contributed by atoms with Gasteiger partial charge in [0.1, 0.15) is 0 Å². The van der Waals surface area contributed by atoms with Crippen LogP contribution in [0, 0.1) is 8.80 Å². The van der Waals surface area contributed by atoms with Gasteiger partial charge in [-0.25, -0.2) is 0 Å². The molecule has 1 unspecified atom stereocenters. The standard InChI is InChI=1S/C10H13IN2OS/c11-9-3-8(6-15-9)10(14)13-2-1-7(4-12)5-13/h3,6-7H,1-2,4-5,12H2. The second-order valence-electron chi connectivity index (χ2n) is 3.78. The van der Waals surface area contributed by atoms with Gasteiger partial charge in [-0.2, -0.15) is 0 Å². The van der Waals surface area contributed by atoms with Gasteiger partial charge in [0.05, 0.1) is 8.45 Å². The molecular weight excluding hydrogens is 323 g/mol. The minimum absolute atomic E-state index is 0.158. The van der Waals surface area contributed by atoms with Crippen LogP contribution in [0.25, 0.3) is 0 Å². The first-order chi connectivity index (χ1) is 7.20. The molecule has 1 aliphatic heterocycles. The minimum Gasteiger partial charge on any atom is -0.338 e. The van der Waals surface area contributed by atoms with E-state index in [9.17, 15) is 4.79 Å². The molecule has 5 heteroatoms. The fourth-order valence-corrected chi connectivity index (χ4v) is 3.13. The number of thiophene rings is 1. The summed E-state index contributed by atoms with van der Waals surface area (Å²) < 4.78 is 1.16. The van der Waals surface area contributed by atoms with Crippen molar-refractivity contribution in [2.75, 3.05) is 19.6 Å². The van der Waals surface area contributed by atoms with Crippen molar-refractivity contribution in [2.45, 2.75) is 6.42 Å². The van der Waals surface area contributed by atoms with Gasteiger partial charge in [-0.05, 0) is 47.5 Å². The van der Waals surface area contributed by atoms with Gasteiger partial charge in [0, 0.05) is 18.5 Å². The summed E-state index contributed by atoms with van der Waals surface area (Å²) in [4.78, 5) is 13.9. The first kappa shape index (κ1) is 11.3. The zero-order valence-electron chi connectivity index (χ0n) is 8.28. The van der Waals surface area contributed by atoms with Crippen LogP contribution < -0.4 is 5.73 Å². The van der Waals surface area contributed by atoms with Gasteiger partial charge < -0.3 is 10.6 Å². The highest BCUT2D eigenvalue weighted by Crippen LogP contribution is 2.21. The SMILES string of the molecule is NCC1CCN(C(=O)c2csc(I)c2)C1. The zero-order valence-corrected chi connectivity index (χ0v) is 11.3. The summed E-state index contributed by atoms with van der Waals surface area (Å²) in [7, 11) is 0. The molecule has 2 N–H and O–H groups in total. The Morgan fingerprint density at radius 3 is 3.07 bits per heavy atom. The fraction of sp³-hybridized carbons (Fsp3) is 0.500. The Hall–Kier alpha value is -0.140. The zero-order chi connectivity index (χ0) is 10.8. The monoisotopic (exact) mass is 336 g/mol. The van der Waals surface area contributed by atoms with Crippen molar-refractivity contribution < 1.29 is 4.79 Å². The highest BCUT2D eigenvalue weighted by molar-refractivity contribution is 14.1. The molecule has 2 rings (SSSR count). The van der Waals surface area contributed by atoms with Crippen LogP contribution in [0.2, 0.25) is 0 Å². The van der Waals surface area contributed by atoms with Gasteiger partial charge >= 0.3 is 0 Å². The predicted molar refractivity (Wildman–Crippen MR) is 70.1 cm³/mol. The van der Waals surface area contributed by atoms with Crippen LogP contribution in [-0.2, 0) is 0 Å². The Labute approximate surface area is 107 Å². The van der Waals surface area contributed by atoms with E-state index < -0.39 is 0 Å². The second kappa shape index (κ2) is 4.80. The predicted octanol–water partition coefficient (Wildman–Crippen LogP) is 1.77. The Balaban J connectivity index is 2.03. The van der Waals surface area contributed by atoms with E-state index in [2.05, 4.69) is 22.6 Å². The molecule has 0 aliphatic carbocycles. The van der Waals surface area contributed by atoms with Crippen LogP contribution >= 0.6 is 33.9 Å². The number of hydrogen-bond donors (Lipinski definition) is 1. The van der Waals surface area contributed by atoms with Gasteiger partial charge in [-0.1, -0.05) is 0 Å². The highest BCUT2D eigenvalue weighted by Gasteiger charge is 2.26. The number of carbonyl (C=O) groups excluding carboxylic acids is 1. The van der Waals surface area contributed by atoms with Gasteiger partial charge in [0.25, 0.3) is 5.91 Å². The molecule has 0 spiro atoms. The van der Waals surface area contributed by atoms with Crippen LogP contribution in [0.1, 0.15) is 16.8 Å². The van der Waals surface area contributed by atoms with Crippen molar-refractivity contribution in [1.29, 1.82) is 0 Å². The quantitative estimate of drug-likeness (QED) is 0.837. The highest BCUT2D eigenvalue weighted by atomic mass is 127. The smallest absolute Gasteiger partial charge is 0.254 e. The molecule has 1 aliphatic rings. The van der Waals surface area contributed by atoms with Crippen molar-refractivity contribution in [3.63, 3.8) is 0 Å². The van der Waals surface area contributed by atoms with Crippen LogP contribution in [0.3, 0.4) is 0 Å². The maximum atomic E-state index is 12.0. The van der Waals surface area contributed by atoms with E-state index in [0.717, 1.165) is 28.0 Å². The van der Waals surface area contributed by atoms with E-state index in [1.165, 1.54) is 0 Å². The molecule has 1 aromatic heterocycles. The lowest BCUT2D eigenvalue weighted by Crippen LogP contribution is -2.29. The fourth-order valence-electron chi connectivity index (χ4n) is 1.81. The third-order valence-electron chi connectivity index (χ3n) is 2.72. The summed E-state index contributed by atoms with van der Waals surface area (Å²) in [6.07, 6.45) is 1.05. The molecule has 1 saturated heterocycles. The molecule has 3 nitrogen and oxygen atoms in total. The van der Waals surface area contributed by atoms with Crippen LogP contribution in [0.5, 0.6) is 0 Å². The van der Waals surface area contributed by atoms with Crippen molar-refractivity contribution in [3.8, 4) is 0 Å². The number of nitrogens with zero attached hydrogens (tertiary/aromatic N) is 1. The number of amides is 1. The molecular formula is C10H13IN2OS. The number of rotatable bonds is 2. The number of halogens is 1. The lowest BCUT2D eigenvalue weighted by Gasteiger charge is -2.15. The first-order valence-corrected chi connectivity index (χ1v) is 6.90. The Kier molecular flexibility index (Phi) is 3.63. The topological polar surface area (TPSA) is 46.3 Å². The number of hydrogen-bond acceptors (Lipinski definition) is 3. The molecule has 1 aromatic rings. The summed E-state index contributed by atoms with van der Waals surface area (Å²) in [6.45, 7) is 2.36. The normalized spacial score (nSPS) is 20.9. The summed E-state index contributed by atoms with van der Waals surface area (Å²) in [6, 6.07) is 1.95. The largest absolute Gasteiger partial charge is 0.338 e. The van der Waals surface area contributed by atoms with Gasteiger partial charge in [-0.3, -0.25) is 4.79 Å². The third-order valence-corrected chi connectivity index (χ3v) is 4.51. The Bertz CT molecular complexity index is 366. The summed E-state index contributed by atoms with van der Waals surface area (Å²) in [5, 5.41) is 1.93. The average Bonchev–Trinajstić information content (AvgIpc) is 2.84. The van der Waals surface area contributed by atoms with E-state index in [0.29, 0.717) is 12.5 Å². The summed E-state index contributed by atoms with van der Waals surface area (Å²) in [5.74, 6) is 0.650. The van der Waals surface area contributed by atoms with Crippen LogP contribution in [0.15, 0.2) is 11.4 Å². The minimum atomic E-state index is 0.158. The molecule has 0 bridgehead atoms. The molecule has 1 amide bonds. The molecule has 0 aromatic carbocycles. The van der Waals surface area contributed by atoms with E-state index in [1.54, 1.807) is 11.3 Å². The maximum Gasteiger partial charge on any atom is 0.254 e. The summed E-state index contributed by atoms with van der Waals surface area (Å²) >= 11 is 3.85. The van der Waals surface area contributed by atoms with E-state index in [-0.39, 0.29) is 5.91 Å². The Morgan fingerprint density at radius 1 is 1.73 bits per heavy atom. The second-order valence-corrected chi connectivity index (χ2v) is 6.59. The molecule has 0 radical (unpaired) electrons. The molecule has 1 atom stereocenters. The molecule has 82 valence electrons. The maximum absolute atomic E-state index is 12.0. The number of nitrogens with two attached hydrogens (primary N) is 1.